The summed E-state index contributed by atoms with van der Waals surface area (Å²) in [6.07, 6.45) is 3.06. The molecule has 1 aliphatic rings. The molecule has 6 heteroatoms. The maximum Gasteiger partial charge on any atom is 0.273 e. The fraction of sp³-hybridized carbons (Fsp3) is 0.438. The number of nitrogens with zero attached hydrogens (tertiary/aromatic N) is 2. The molecule has 2 rings (SSSR count). The lowest BCUT2D eigenvalue weighted by Crippen LogP contribution is -2.58. The van der Waals surface area contributed by atoms with Crippen LogP contribution in [0.15, 0.2) is 31.1 Å². The van der Waals surface area contributed by atoms with Crippen molar-refractivity contribution >= 4 is 11.8 Å². The molecule has 0 aliphatic carbocycles. The molecular formula is C16H24N4O2. The summed E-state index contributed by atoms with van der Waals surface area (Å²) < 4.78 is 0. The van der Waals surface area contributed by atoms with E-state index in [4.69, 9.17) is 0 Å². The largest absolute Gasteiger partial charge is 0.377 e. The summed E-state index contributed by atoms with van der Waals surface area (Å²) >= 11 is 0. The van der Waals surface area contributed by atoms with Crippen LogP contribution in [-0.4, -0.2) is 40.8 Å². The Kier molecular flexibility index (Phi) is 6.10. The van der Waals surface area contributed by atoms with E-state index in [0.29, 0.717) is 12.2 Å². The molecule has 1 atom stereocenters. The van der Waals surface area contributed by atoms with E-state index in [1.54, 1.807) is 31.1 Å². The summed E-state index contributed by atoms with van der Waals surface area (Å²) in [5, 5.41) is 5.52. The standard InChI is InChI=1S/C14H18N4O2.C2H6/c1-4-17-14(2,13(20)15-3)9-18-8-10-6-5-7-16-11(10)12(18)19;1-2/h4-7,17H,1,8-9H2,2-3H3,(H,15,20);1-2H3. The Hall–Kier alpha value is -2.37. The molecule has 2 N–H and O–H groups in total. The summed E-state index contributed by atoms with van der Waals surface area (Å²) in [7, 11) is 1.56. The maximum atomic E-state index is 12.3. The molecule has 2 heterocycles. The Morgan fingerprint density at radius 1 is 1.55 bits per heavy atom. The number of fused-ring (bicyclic) bond motifs is 1. The van der Waals surface area contributed by atoms with Crippen LogP contribution in [0, 0.1) is 0 Å². The highest BCUT2D eigenvalue weighted by molar-refractivity contribution is 5.97. The van der Waals surface area contributed by atoms with Crippen LogP contribution >= 0.6 is 0 Å². The molecule has 6 nitrogen and oxygen atoms in total. The van der Waals surface area contributed by atoms with E-state index >= 15 is 0 Å². The Labute approximate surface area is 131 Å². The van der Waals surface area contributed by atoms with Crippen molar-refractivity contribution in [1.82, 2.24) is 20.5 Å². The van der Waals surface area contributed by atoms with Crippen molar-refractivity contribution in [3.63, 3.8) is 0 Å². The molecular weight excluding hydrogens is 280 g/mol. The predicted molar refractivity (Wildman–Crippen MR) is 86.1 cm³/mol. The molecule has 0 aromatic carbocycles. The van der Waals surface area contributed by atoms with Gasteiger partial charge in [0.1, 0.15) is 11.2 Å². The number of pyridine rings is 1. The maximum absolute atomic E-state index is 12.3. The van der Waals surface area contributed by atoms with Crippen molar-refractivity contribution in [2.24, 2.45) is 0 Å². The molecule has 2 amide bonds. The molecule has 0 saturated carbocycles. The number of rotatable bonds is 5. The second kappa shape index (κ2) is 7.59. The van der Waals surface area contributed by atoms with Gasteiger partial charge in [0.15, 0.2) is 0 Å². The third-order valence-corrected chi connectivity index (χ3v) is 3.40. The highest BCUT2D eigenvalue weighted by Crippen LogP contribution is 2.22. The van der Waals surface area contributed by atoms with Crippen molar-refractivity contribution in [1.29, 1.82) is 0 Å². The summed E-state index contributed by atoms with van der Waals surface area (Å²) in [5.74, 6) is -0.351. The normalized spacial score (nSPS) is 15.1. The van der Waals surface area contributed by atoms with E-state index < -0.39 is 5.54 Å². The van der Waals surface area contributed by atoms with Gasteiger partial charge >= 0.3 is 0 Å². The van der Waals surface area contributed by atoms with Crippen molar-refractivity contribution in [3.05, 3.63) is 42.4 Å². The second-order valence-electron chi connectivity index (χ2n) is 4.93. The number of carbonyl (C=O) groups is 2. The van der Waals surface area contributed by atoms with Gasteiger partial charge in [0.25, 0.3) is 5.91 Å². The van der Waals surface area contributed by atoms with Crippen LogP contribution in [-0.2, 0) is 11.3 Å². The van der Waals surface area contributed by atoms with Crippen LogP contribution < -0.4 is 10.6 Å². The molecule has 0 spiro atoms. The van der Waals surface area contributed by atoms with Gasteiger partial charge in [-0.1, -0.05) is 26.5 Å². The Morgan fingerprint density at radius 2 is 2.23 bits per heavy atom. The van der Waals surface area contributed by atoms with E-state index in [1.165, 1.54) is 6.20 Å². The number of nitrogens with one attached hydrogen (secondary N) is 2. The lowest BCUT2D eigenvalue weighted by Gasteiger charge is -2.32. The molecule has 0 saturated heterocycles. The average Bonchev–Trinajstić information content (AvgIpc) is 2.85. The average molecular weight is 304 g/mol. The molecule has 120 valence electrons. The monoisotopic (exact) mass is 304 g/mol. The zero-order chi connectivity index (χ0) is 16.8. The van der Waals surface area contributed by atoms with Crippen LogP contribution in [0.5, 0.6) is 0 Å². The number of hydrogen-bond acceptors (Lipinski definition) is 4. The number of aromatic nitrogens is 1. The SMILES string of the molecule is C=CNC(C)(CN1Cc2cccnc2C1=O)C(=O)NC.CC. The van der Waals surface area contributed by atoms with Crippen molar-refractivity contribution < 1.29 is 9.59 Å². The number of hydrogen-bond donors (Lipinski definition) is 2. The van der Waals surface area contributed by atoms with E-state index in [0.717, 1.165) is 5.56 Å². The van der Waals surface area contributed by atoms with Crippen LogP contribution in [0.4, 0.5) is 0 Å². The van der Waals surface area contributed by atoms with Crippen molar-refractivity contribution in [3.8, 4) is 0 Å². The summed E-state index contributed by atoms with van der Waals surface area (Å²) in [5.41, 5.74) is 0.425. The minimum Gasteiger partial charge on any atom is -0.377 e. The second-order valence-corrected chi connectivity index (χ2v) is 4.93. The molecule has 1 unspecified atom stereocenters. The third kappa shape index (κ3) is 3.44. The molecule has 0 radical (unpaired) electrons. The minimum absolute atomic E-state index is 0.151. The fourth-order valence-electron chi connectivity index (χ4n) is 2.38. The van der Waals surface area contributed by atoms with Crippen molar-refractivity contribution in [2.75, 3.05) is 13.6 Å². The van der Waals surface area contributed by atoms with E-state index in [-0.39, 0.29) is 18.4 Å². The van der Waals surface area contributed by atoms with E-state index in [2.05, 4.69) is 22.2 Å². The van der Waals surface area contributed by atoms with Gasteiger partial charge in [0.05, 0.1) is 6.54 Å². The Balaban J connectivity index is 0.00000116. The van der Waals surface area contributed by atoms with Crippen LogP contribution in [0.3, 0.4) is 0 Å². The van der Waals surface area contributed by atoms with Crippen LogP contribution in [0.25, 0.3) is 0 Å². The smallest absolute Gasteiger partial charge is 0.273 e. The first-order valence-electron chi connectivity index (χ1n) is 7.36. The van der Waals surface area contributed by atoms with E-state index in [9.17, 15) is 9.59 Å². The highest BCUT2D eigenvalue weighted by Gasteiger charge is 2.38. The van der Waals surface area contributed by atoms with Gasteiger partial charge in [-0.25, -0.2) is 0 Å². The van der Waals surface area contributed by atoms with Crippen molar-refractivity contribution in [2.45, 2.75) is 32.9 Å². The molecule has 1 aromatic rings. The van der Waals surface area contributed by atoms with Gasteiger partial charge in [0, 0.05) is 25.4 Å². The van der Waals surface area contributed by atoms with Gasteiger partial charge in [-0.3, -0.25) is 14.6 Å². The van der Waals surface area contributed by atoms with Gasteiger partial charge in [-0.05, 0) is 19.2 Å². The molecule has 1 aromatic heterocycles. The first-order valence-corrected chi connectivity index (χ1v) is 7.36. The quantitative estimate of drug-likeness (QED) is 0.860. The predicted octanol–water partition coefficient (Wildman–Crippen LogP) is 1.30. The fourth-order valence-corrected chi connectivity index (χ4v) is 2.38. The number of likely N-dealkylation sites (N-methyl/N-ethyl adjacent to an activating group) is 1. The van der Waals surface area contributed by atoms with Crippen LogP contribution in [0.1, 0.15) is 36.8 Å². The molecule has 0 bridgehead atoms. The molecule has 0 fully saturated rings. The van der Waals surface area contributed by atoms with Crippen LogP contribution in [0.2, 0.25) is 0 Å². The summed E-state index contributed by atoms with van der Waals surface area (Å²) in [4.78, 5) is 30.0. The number of carbonyl (C=O) groups excluding carboxylic acids is 2. The van der Waals surface area contributed by atoms with Gasteiger partial charge in [-0.15, -0.1) is 0 Å². The lowest BCUT2D eigenvalue weighted by molar-refractivity contribution is -0.126. The Bertz CT molecular complexity index is 559. The minimum atomic E-state index is -0.922. The van der Waals surface area contributed by atoms with Gasteiger partial charge in [0.2, 0.25) is 5.91 Å². The lowest BCUT2D eigenvalue weighted by atomic mass is 10.0. The first kappa shape index (κ1) is 17.7. The summed E-state index contributed by atoms with van der Waals surface area (Å²) in [6, 6.07) is 3.67. The highest BCUT2D eigenvalue weighted by atomic mass is 16.2. The van der Waals surface area contributed by atoms with Gasteiger partial charge in [-0.2, -0.15) is 0 Å². The Morgan fingerprint density at radius 3 is 2.77 bits per heavy atom. The third-order valence-electron chi connectivity index (χ3n) is 3.40. The number of amides is 2. The topological polar surface area (TPSA) is 74.3 Å². The van der Waals surface area contributed by atoms with Gasteiger partial charge < -0.3 is 15.5 Å². The first-order chi connectivity index (χ1) is 10.5. The molecule has 1 aliphatic heterocycles. The zero-order valence-electron chi connectivity index (χ0n) is 13.6. The zero-order valence-corrected chi connectivity index (χ0v) is 13.6. The molecule has 22 heavy (non-hydrogen) atoms. The van der Waals surface area contributed by atoms with E-state index in [1.807, 2.05) is 19.9 Å². The summed E-state index contributed by atoms with van der Waals surface area (Å²) in [6.45, 7) is 10.0.